The van der Waals surface area contributed by atoms with Crippen LogP contribution in [0.2, 0.25) is 0 Å². The van der Waals surface area contributed by atoms with Crippen LogP contribution in [-0.2, 0) is 6.54 Å². The molecule has 0 saturated heterocycles. The minimum atomic E-state index is 0.682. The van der Waals surface area contributed by atoms with E-state index in [0.29, 0.717) is 6.61 Å². The minimum absolute atomic E-state index is 0.682. The molecule has 0 aliphatic rings. The van der Waals surface area contributed by atoms with Gasteiger partial charge in [-0.2, -0.15) is 0 Å². The maximum Gasteiger partial charge on any atom is 0.142 e. The van der Waals surface area contributed by atoms with Gasteiger partial charge in [-0.05, 0) is 46.4 Å². The summed E-state index contributed by atoms with van der Waals surface area (Å²) in [6, 6.07) is 10.1. The topological polar surface area (TPSA) is 21.3 Å². The maximum absolute atomic E-state index is 5.57. The van der Waals surface area contributed by atoms with Crippen molar-refractivity contribution >= 4 is 33.0 Å². The second-order valence-electron chi connectivity index (χ2n) is 3.47. The van der Waals surface area contributed by atoms with Crippen molar-refractivity contribution in [2.45, 2.75) is 13.5 Å². The zero-order valence-electron chi connectivity index (χ0n) is 9.57. The van der Waals surface area contributed by atoms with E-state index in [-0.39, 0.29) is 0 Å². The smallest absolute Gasteiger partial charge is 0.142 e. The first kappa shape index (κ1) is 12.5. The zero-order chi connectivity index (χ0) is 12.1. The summed E-state index contributed by atoms with van der Waals surface area (Å²) in [5, 5.41) is 5.48. The van der Waals surface area contributed by atoms with Crippen LogP contribution in [0.5, 0.6) is 5.75 Å². The molecule has 2 rings (SSSR count). The van der Waals surface area contributed by atoms with Crippen LogP contribution in [-0.4, -0.2) is 6.61 Å². The highest BCUT2D eigenvalue weighted by Gasteiger charge is 2.04. The first-order valence-corrected chi connectivity index (χ1v) is 7.16. The van der Waals surface area contributed by atoms with Crippen LogP contribution in [0.4, 0.5) is 5.69 Å². The summed E-state index contributed by atoms with van der Waals surface area (Å²) in [4.78, 5) is 1.29. The predicted molar refractivity (Wildman–Crippen MR) is 77.0 cm³/mol. The molecule has 17 heavy (non-hydrogen) atoms. The Morgan fingerprint density at radius 1 is 1.29 bits per heavy atom. The van der Waals surface area contributed by atoms with Crippen molar-refractivity contribution in [3.8, 4) is 5.75 Å². The van der Waals surface area contributed by atoms with Crippen molar-refractivity contribution in [3.63, 3.8) is 0 Å². The second kappa shape index (κ2) is 6.07. The third kappa shape index (κ3) is 3.23. The lowest BCUT2D eigenvalue weighted by molar-refractivity contribution is 0.341. The molecule has 4 heteroatoms. The zero-order valence-corrected chi connectivity index (χ0v) is 12.0. The molecule has 0 atom stereocenters. The molecule has 2 nitrogen and oxygen atoms in total. The lowest BCUT2D eigenvalue weighted by atomic mass is 10.3. The number of nitrogens with one attached hydrogen (secondary N) is 1. The third-order valence-corrected chi connectivity index (χ3v) is 4.24. The van der Waals surface area contributed by atoms with Crippen molar-refractivity contribution < 1.29 is 4.74 Å². The SMILES string of the molecule is CCOc1ccccc1NCc1sccc1Br. The summed E-state index contributed by atoms with van der Waals surface area (Å²) in [7, 11) is 0. The molecule has 0 bridgehead atoms. The fourth-order valence-corrected chi connectivity index (χ4v) is 2.95. The summed E-state index contributed by atoms with van der Waals surface area (Å²) in [5.41, 5.74) is 1.04. The Hall–Kier alpha value is -1.00. The van der Waals surface area contributed by atoms with Crippen LogP contribution in [0, 0.1) is 0 Å². The molecule has 2 aromatic rings. The fourth-order valence-electron chi connectivity index (χ4n) is 1.52. The monoisotopic (exact) mass is 311 g/mol. The first-order valence-electron chi connectivity index (χ1n) is 5.49. The molecule has 1 heterocycles. The molecule has 0 aliphatic heterocycles. The van der Waals surface area contributed by atoms with E-state index >= 15 is 0 Å². The van der Waals surface area contributed by atoms with Gasteiger partial charge in [-0.1, -0.05) is 12.1 Å². The molecular weight excluding hydrogens is 298 g/mol. The second-order valence-corrected chi connectivity index (χ2v) is 5.33. The van der Waals surface area contributed by atoms with Gasteiger partial charge in [-0.3, -0.25) is 0 Å². The minimum Gasteiger partial charge on any atom is -0.492 e. The van der Waals surface area contributed by atoms with E-state index in [1.165, 1.54) is 4.88 Å². The van der Waals surface area contributed by atoms with Gasteiger partial charge in [0.05, 0.1) is 18.8 Å². The van der Waals surface area contributed by atoms with Gasteiger partial charge in [-0.15, -0.1) is 11.3 Å². The standard InChI is InChI=1S/C13H14BrNOS/c1-2-16-12-6-4-3-5-11(12)15-9-13-10(14)7-8-17-13/h3-8,15H,2,9H2,1H3. The number of thiophene rings is 1. The van der Waals surface area contributed by atoms with Crippen LogP contribution in [0.1, 0.15) is 11.8 Å². The van der Waals surface area contributed by atoms with E-state index < -0.39 is 0 Å². The van der Waals surface area contributed by atoms with Crippen molar-refractivity contribution in [1.29, 1.82) is 0 Å². The molecule has 0 radical (unpaired) electrons. The van der Waals surface area contributed by atoms with Gasteiger partial charge in [0, 0.05) is 9.35 Å². The maximum atomic E-state index is 5.57. The number of ether oxygens (including phenoxy) is 1. The van der Waals surface area contributed by atoms with Crippen LogP contribution < -0.4 is 10.1 Å². The molecule has 90 valence electrons. The van der Waals surface area contributed by atoms with E-state index in [1.807, 2.05) is 31.2 Å². The van der Waals surface area contributed by atoms with Crippen LogP contribution in [0.15, 0.2) is 40.2 Å². The largest absolute Gasteiger partial charge is 0.492 e. The normalized spacial score (nSPS) is 10.2. The molecule has 1 N–H and O–H groups in total. The van der Waals surface area contributed by atoms with Gasteiger partial charge in [0.1, 0.15) is 5.75 Å². The molecular formula is C13H14BrNOS. The molecule has 1 aromatic heterocycles. The van der Waals surface area contributed by atoms with Gasteiger partial charge >= 0.3 is 0 Å². The highest BCUT2D eigenvalue weighted by Crippen LogP contribution is 2.27. The highest BCUT2D eigenvalue weighted by atomic mass is 79.9. The summed E-state index contributed by atoms with van der Waals surface area (Å²) in [6.45, 7) is 3.48. The van der Waals surface area contributed by atoms with E-state index in [9.17, 15) is 0 Å². The third-order valence-electron chi connectivity index (χ3n) is 2.32. The lowest BCUT2D eigenvalue weighted by Crippen LogP contribution is -2.01. The Balaban J connectivity index is 2.06. The lowest BCUT2D eigenvalue weighted by Gasteiger charge is -2.11. The average molecular weight is 312 g/mol. The van der Waals surface area contributed by atoms with E-state index in [1.54, 1.807) is 11.3 Å². The summed E-state index contributed by atoms with van der Waals surface area (Å²) in [5.74, 6) is 0.905. The molecule has 0 amide bonds. The van der Waals surface area contributed by atoms with E-state index in [0.717, 1.165) is 22.5 Å². The van der Waals surface area contributed by atoms with Gasteiger partial charge < -0.3 is 10.1 Å². The van der Waals surface area contributed by atoms with Crippen molar-refractivity contribution in [3.05, 3.63) is 45.1 Å². The quantitative estimate of drug-likeness (QED) is 0.876. The number of hydrogen-bond acceptors (Lipinski definition) is 3. The molecule has 1 aromatic carbocycles. The summed E-state index contributed by atoms with van der Waals surface area (Å²) >= 11 is 5.27. The molecule has 0 spiro atoms. The summed E-state index contributed by atoms with van der Waals surface area (Å²) < 4.78 is 6.72. The van der Waals surface area contributed by atoms with Crippen molar-refractivity contribution in [1.82, 2.24) is 0 Å². The van der Waals surface area contributed by atoms with Gasteiger partial charge in [-0.25, -0.2) is 0 Å². The Kier molecular flexibility index (Phi) is 4.45. The van der Waals surface area contributed by atoms with Gasteiger partial charge in [0.25, 0.3) is 0 Å². The predicted octanol–water partition coefficient (Wildman–Crippen LogP) is 4.52. The molecule has 0 unspecified atom stereocenters. The van der Waals surface area contributed by atoms with Crippen LogP contribution in [0.3, 0.4) is 0 Å². The van der Waals surface area contributed by atoms with Crippen molar-refractivity contribution in [2.75, 3.05) is 11.9 Å². The Labute approximate surface area is 114 Å². The Morgan fingerprint density at radius 3 is 2.82 bits per heavy atom. The van der Waals surface area contributed by atoms with Crippen LogP contribution >= 0.6 is 27.3 Å². The number of para-hydroxylation sites is 2. The van der Waals surface area contributed by atoms with Gasteiger partial charge in [0.15, 0.2) is 0 Å². The first-order chi connectivity index (χ1) is 8.31. The molecule has 0 saturated carbocycles. The molecule has 0 aliphatic carbocycles. The number of rotatable bonds is 5. The number of hydrogen-bond donors (Lipinski definition) is 1. The van der Waals surface area contributed by atoms with E-state index in [4.69, 9.17) is 4.74 Å². The van der Waals surface area contributed by atoms with E-state index in [2.05, 4.69) is 32.7 Å². The number of benzene rings is 1. The molecule has 0 fully saturated rings. The Morgan fingerprint density at radius 2 is 2.12 bits per heavy atom. The van der Waals surface area contributed by atoms with Crippen molar-refractivity contribution in [2.24, 2.45) is 0 Å². The van der Waals surface area contributed by atoms with Gasteiger partial charge in [0.2, 0.25) is 0 Å². The summed E-state index contributed by atoms with van der Waals surface area (Å²) in [6.07, 6.45) is 0. The Bertz CT molecular complexity index is 484. The number of anilines is 1. The van der Waals surface area contributed by atoms with Crippen LogP contribution in [0.25, 0.3) is 0 Å². The number of halogens is 1. The fraction of sp³-hybridized carbons (Fsp3) is 0.231. The average Bonchev–Trinajstić information content (AvgIpc) is 2.74. The highest BCUT2D eigenvalue weighted by molar-refractivity contribution is 9.10.